The predicted molar refractivity (Wildman–Crippen MR) is 67.0 cm³/mol. The van der Waals surface area contributed by atoms with Gasteiger partial charge in [-0.15, -0.1) is 0 Å². The molecule has 100 valence electrons. The van der Waals surface area contributed by atoms with Gasteiger partial charge in [0, 0.05) is 24.9 Å². The summed E-state index contributed by atoms with van der Waals surface area (Å²) in [7, 11) is 0. The molecule has 3 nitrogen and oxygen atoms in total. The van der Waals surface area contributed by atoms with Crippen LogP contribution in [0.15, 0.2) is 30.6 Å². The number of hydrogen-bond donors (Lipinski definition) is 0. The van der Waals surface area contributed by atoms with Crippen LogP contribution in [0.25, 0.3) is 0 Å². The first-order chi connectivity index (χ1) is 9.04. The SMILES string of the molecule is CCc1nccn1C(C)C(=O)c1ccc(F)cc1F. The minimum Gasteiger partial charge on any atom is -0.324 e. The Morgan fingerprint density at radius 1 is 1.42 bits per heavy atom. The van der Waals surface area contributed by atoms with E-state index in [-0.39, 0.29) is 5.56 Å². The van der Waals surface area contributed by atoms with E-state index < -0.39 is 23.5 Å². The van der Waals surface area contributed by atoms with Crippen molar-refractivity contribution in [2.24, 2.45) is 0 Å². The molecule has 0 N–H and O–H groups in total. The molecule has 5 heteroatoms. The number of carbonyl (C=O) groups excluding carboxylic acids is 1. The molecule has 1 unspecified atom stereocenters. The Hall–Kier alpha value is -2.04. The largest absolute Gasteiger partial charge is 0.324 e. The number of ketones is 1. The molecule has 19 heavy (non-hydrogen) atoms. The predicted octanol–water partition coefficient (Wildman–Crippen LogP) is 3.17. The molecule has 1 heterocycles. The molecule has 0 aliphatic carbocycles. The molecule has 1 atom stereocenters. The number of aryl methyl sites for hydroxylation is 1. The summed E-state index contributed by atoms with van der Waals surface area (Å²) in [5.41, 5.74) is -0.107. The maximum absolute atomic E-state index is 13.6. The summed E-state index contributed by atoms with van der Waals surface area (Å²) in [6.45, 7) is 3.60. The Balaban J connectivity index is 2.33. The van der Waals surface area contributed by atoms with Gasteiger partial charge in [-0.05, 0) is 19.1 Å². The quantitative estimate of drug-likeness (QED) is 0.795. The Morgan fingerprint density at radius 3 is 2.79 bits per heavy atom. The topological polar surface area (TPSA) is 34.9 Å². The highest BCUT2D eigenvalue weighted by Gasteiger charge is 2.21. The molecule has 0 bridgehead atoms. The van der Waals surface area contributed by atoms with Crippen LogP contribution in [0.5, 0.6) is 0 Å². The number of Topliss-reactive ketones (excluding diaryl/α,β-unsaturated/α-hetero) is 1. The number of aromatic nitrogens is 2. The summed E-state index contributed by atoms with van der Waals surface area (Å²) in [4.78, 5) is 16.4. The summed E-state index contributed by atoms with van der Waals surface area (Å²) < 4.78 is 28.1. The van der Waals surface area contributed by atoms with Crippen LogP contribution in [-0.4, -0.2) is 15.3 Å². The van der Waals surface area contributed by atoms with Gasteiger partial charge in [0.1, 0.15) is 17.5 Å². The molecule has 0 fully saturated rings. The van der Waals surface area contributed by atoms with Crippen molar-refractivity contribution >= 4 is 5.78 Å². The monoisotopic (exact) mass is 264 g/mol. The Morgan fingerprint density at radius 2 is 2.16 bits per heavy atom. The van der Waals surface area contributed by atoms with Gasteiger partial charge in [-0.2, -0.15) is 0 Å². The third-order valence-corrected chi connectivity index (χ3v) is 3.06. The van der Waals surface area contributed by atoms with Gasteiger partial charge in [0.15, 0.2) is 5.78 Å². The average Bonchev–Trinajstić information content (AvgIpc) is 2.85. The smallest absolute Gasteiger partial charge is 0.188 e. The van der Waals surface area contributed by atoms with Crippen LogP contribution < -0.4 is 0 Å². The van der Waals surface area contributed by atoms with Crippen LogP contribution in [0.3, 0.4) is 0 Å². The molecule has 2 aromatic rings. The molecule has 1 aromatic heterocycles. The molecule has 0 radical (unpaired) electrons. The fourth-order valence-corrected chi connectivity index (χ4v) is 2.01. The van der Waals surface area contributed by atoms with Gasteiger partial charge in [0.2, 0.25) is 0 Å². The number of imidazole rings is 1. The van der Waals surface area contributed by atoms with E-state index in [2.05, 4.69) is 4.98 Å². The molecule has 2 rings (SSSR count). The number of nitrogens with zero attached hydrogens (tertiary/aromatic N) is 2. The van der Waals surface area contributed by atoms with E-state index >= 15 is 0 Å². The van der Waals surface area contributed by atoms with Gasteiger partial charge in [-0.25, -0.2) is 13.8 Å². The second kappa shape index (κ2) is 5.30. The first kappa shape index (κ1) is 13.4. The highest BCUT2D eigenvalue weighted by molar-refractivity contribution is 5.99. The lowest BCUT2D eigenvalue weighted by Crippen LogP contribution is -2.19. The van der Waals surface area contributed by atoms with Gasteiger partial charge in [-0.1, -0.05) is 6.92 Å². The summed E-state index contributed by atoms with van der Waals surface area (Å²) >= 11 is 0. The lowest BCUT2D eigenvalue weighted by atomic mass is 10.0. The van der Waals surface area contributed by atoms with E-state index in [1.807, 2.05) is 6.92 Å². The van der Waals surface area contributed by atoms with Crippen molar-refractivity contribution < 1.29 is 13.6 Å². The van der Waals surface area contributed by atoms with Gasteiger partial charge in [-0.3, -0.25) is 4.79 Å². The van der Waals surface area contributed by atoms with Crippen LogP contribution in [0.1, 0.15) is 36.1 Å². The molecular formula is C14H14F2N2O. The lowest BCUT2D eigenvalue weighted by Gasteiger charge is -2.15. The van der Waals surface area contributed by atoms with Crippen LogP contribution in [-0.2, 0) is 6.42 Å². The molecule has 0 amide bonds. The van der Waals surface area contributed by atoms with E-state index in [9.17, 15) is 13.6 Å². The zero-order valence-corrected chi connectivity index (χ0v) is 10.7. The van der Waals surface area contributed by atoms with E-state index in [4.69, 9.17) is 0 Å². The van der Waals surface area contributed by atoms with E-state index in [1.165, 1.54) is 6.07 Å². The lowest BCUT2D eigenvalue weighted by molar-refractivity contribution is 0.0929. The summed E-state index contributed by atoms with van der Waals surface area (Å²) in [5.74, 6) is -1.18. The Labute approximate surface area is 109 Å². The highest BCUT2D eigenvalue weighted by Crippen LogP contribution is 2.19. The number of carbonyl (C=O) groups is 1. The summed E-state index contributed by atoms with van der Waals surface area (Å²) in [6, 6.07) is 2.40. The molecular weight excluding hydrogens is 250 g/mol. The van der Waals surface area contributed by atoms with E-state index in [1.54, 1.807) is 23.9 Å². The van der Waals surface area contributed by atoms with Crippen molar-refractivity contribution in [3.8, 4) is 0 Å². The average molecular weight is 264 g/mol. The van der Waals surface area contributed by atoms with Crippen molar-refractivity contribution in [3.63, 3.8) is 0 Å². The third-order valence-electron chi connectivity index (χ3n) is 3.06. The molecule has 1 aromatic carbocycles. The van der Waals surface area contributed by atoms with Gasteiger partial charge < -0.3 is 4.57 Å². The van der Waals surface area contributed by atoms with E-state index in [0.717, 1.165) is 11.9 Å². The normalized spacial score (nSPS) is 12.4. The number of hydrogen-bond acceptors (Lipinski definition) is 2. The van der Waals surface area contributed by atoms with Gasteiger partial charge in [0.25, 0.3) is 0 Å². The maximum atomic E-state index is 13.6. The van der Waals surface area contributed by atoms with Crippen LogP contribution in [0.4, 0.5) is 8.78 Å². The fourth-order valence-electron chi connectivity index (χ4n) is 2.01. The number of halogens is 2. The zero-order chi connectivity index (χ0) is 14.0. The van der Waals surface area contributed by atoms with Crippen molar-refractivity contribution in [1.82, 2.24) is 9.55 Å². The Kier molecular flexibility index (Phi) is 3.74. The maximum Gasteiger partial charge on any atom is 0.188 e. The molecule has 0 spiro atoms. The van der Waals surface area contributed by atoms with E-state index in [0.29, 0.717) is 12.5 Å². The standard InChI is InChI=1S/C14H14F2N2O/c1-3-13-17-6-7-18(13)9(2)14(19)11-5-4-10(15)8-12(11)16/h4-9H,3H2,1-2H3. The Bertz CT molecular complexity index is 607. The first-order valence-corrected chi connectivity index (χ1v) is 6.05. The molecule has 0 saturated heterocycles. The summed E-state index contributed by atoms with van der Waals surface area (Å²) in [6.07, 6.45) is 3.96. The van der Waals surface area contributed by atoms with Gasteiger partial charge in [0.05, 0.1) is 11.6 Å². The zero-order valence-electron chi connectivity index (χ0n) is 10.7. The molecule has 0 aliphatic heterocycles. The second-order valence-electron chi connectivity index (χ2n) is 4.27. The van der Waals surface area contributed by atoms with Crippen LogP contribution in [0.2, 0.25) is 0 Å². The number of benzene rings is 1. The minimum atomic E-state index is -0.838. The second-order valence-corrected chi connectivity index (χ2v) is 4.27. The van der Waals surface area contributed by atoms with Crippen molar-refractivity contribution in [2.45, 2.75) is 26.3 Å². The molecule has 0 saturated carbocycles. The highest BCUT2D eigenvalue weighted by atomic mass is 19.1. The summed E-state index contributed by atoms with van der Waals surface area (Å²) in [5, 5.41) is 0. The fraction of sp³-hybridized carbons (Fsp3) is 0.286. The van der Waals surface area contributed by atoms with Crippen molar-refractivity contribution in [2.75, 3.05) is 0 Å². The van der Waals surface area contributed by atoms with Gasteiger partial charge >= 0.3 is 0 Å². The van der Waals surface area contributed by atoms with Crippen LogP contribution in [0, 0.1) is 11.6 Å². The number of rotatable bonds is 4. The molecule has 0 aliphatic rings. The van der Waals surface area contributed by atoms with Crippen LogP contribution >= 0.6 is 0 Å². The van der Waals surface area contributed by atoms with Crippen molar-refractivity contribution in [3.05, 3.63) is 53.6 Å². The third kappa shape index (κ3) is 2.54. The minimum absolute atomic E-state index is 0.107. The van der Waals surface area contributed by atoms with Crippen molar-refractivity contribution in [1.29, 1.82) is 0 Å². The first-order valence-electron chi connectivity index (χ1n) is 6.05.